The van der Waals surface area contributed by atoms with E-state index in [1.807, 2.05) is 43.3 Å². The monoisotopic (exact) mass is 498 g/mol. The summed E-state index contributed by atoms with van der Waals surface area (Å²) in [5.74, 6) is -2.47. The predicted molar refractivity (Wildman–Crippen MR) is 138 cm³/mol. The number of amides is 1. The molecule has 0 aliphatic rings. The van der Waals surface area contributed by atoms with E-state index in [2.05, 4.69) is 10.3 Å². The Balaban J connectivity index is 1.65. The van der Waals surface area contributed by atoms with Gasteiger partial charge in [0.25, 0.3) is 5.91 Å². The number of carbonyl (C=O) groups excluding carboxylic acids is 2. The number of hydrogen-bond acceptors (Lipinski definition) is 6. The molecule has 3 aromatic carbocycles. The number of carbonyl (C=O) groups is 3. The van der Waals surface area contributed by atoms with E-state index in [1.165, 1.54) is 25.3 Å². The summed E-state index contributed by atoms with van der Waals surface area (Å²) in [5, 5.41) is 22.4. The van der Waals surface area contributed by atoms with Crippen LogP contribution in [0.1, 0.15) is 50.4 Å². The van der Waals surface area contributed by atoms with Gasteiger partial charge in [-0.2, -0.15) is 0 Å². The quantitative estimate of drug-likeness (QED) is 0.309. The minimum atomic E-state index is -1.19. The minimum Gasteiger partial charge on any atom is -0.508 e. The Morgan fingerprint density at radius 1 is 0.946 bits per heavy atom. The molecular formula is C29H26N2O6. The fourth-order valence-electron chi connectivity index (χ4n) is 4.18. The van der Waals surface area contributed by atoms with Crippen LogP contribution in [0.5, 0.6) is 5.75 Å². The minimum absolute atomic E-state index is 0.0240. The molecule has 0 saturated heterocycles. The molecule has 0 aliphatic carbocycles. The average Bonchev–Trinajstić information content (AvgIpc) is 2.92. The number of aromatic carboxylic acids is 1. The largest absolute Gasteiger partial charge is 0.508 e. The summed E-state index contributed by atoms with van der Waals surface area (Å²) in [5.41, 5.74) is 2.84. The third kappa shape index (κ3) is 5.75. The van der Waals surface area contributed by atoms with Gasteiger partial charge in [-0.05, 0) is 47.0 Å². The second kappa shape index (κ2) is 10.9. The van der Waals surface area contributed by atoms with Crippen molar-refractivity contribution in [2.75, 3.05) is 7.11 Å². The first-order valence-corrected chi connectivity index (χ1v) is 11.7. The van der Waals surface area contributed by atoms with Crippen LogP contribution in [0.15, 0.2) is 78.9 Å². The molecule has 37 heavy (non-hydrogen) atoms. The van der Waals surface area contributed by atoms with Gasteiger partial charge in [-0.25, -0.2) is 14.6 Å². The number of rotatable bonds is 8. The predicted octanol–water partition coefficient (Wildman–Crippen LogP) is 4.30. The molecule has 0 radical (unpaired) electrons. The third-order valence-corrected chi connectivity index (χ3v) is 6.26. The second-order valence-corrected chi connectivity index (χ2v) is 8.69. The number of methoxy groups -OCH3 is 1. The zero-order valence-electron chi connectivity index (χ0n) is 20.3. The SMILES string of the molecule is COC(=O)[C@H](Cc1ccc(O)cc1)NC(=O)c1cc(C(=O)O)c2cc(C(C)c3ccccc3)ccc2n1. The lowest BCUT2D eigenvalue weighted by Crippen LogP contribution is -2.43. The Hall–Kier alpha value is -4.72. The van der Waals surface area contributed by atoms with Gasteiger partial charge in [0.2, 0.25) is 0 Å². The highest BCUT2D eigenvalue weighted by atomic mass is 16.5. The molecule has 0 saturated carbocycles. The van der Waals surface area contributed by atoms with Crippen molar-refractivity contribution in [2.45, 2.75) is 25.3 Å². The zero-order valence-corrected chi connectivity index (χ0v) is 20.3. The first-order valence-electron chi connectivity index (χ1n) is 11.7. The van der Waals surface area contributed by atoms with Crippen molar-refractivity contribution in [2.24, 2.45) is 0 Å². The molecule has 3 N–H and O–H groups in total. The third-order valence-electron chi connectivity index (χ3n) is 6.26. The summed E-state index contributed by atoms with van der Waals surface area (Å²) < 4.78 is 4.83. The molecule has 4 aromatic rings. The number of phenolic OH excluding ortho intramolecular Hbond substituents is 1. The number of carboxylic acids is 1. The maximum absolute atomic E-state index is 13.1. The van der Waals surface area contributed by atoms with Gasteiger partial charge < -0.3 is 20.3 Å². The molecule has 0 aliphatic heterocycles. The zero-order chi connectivity index (χ0) is 26.5. The van der Waals surface area contributed by atoms with E-state index >= 15 is 0 Å². The van der Waals surface area contributed by atoms with Crippen LogP contribution in [-0.4, -0.2) is 46.2 Å². The molecule has 2 atom stereocenters. The summed E-state index contributed by atoms with van der Waals surface area (Å²) in [6.45, 7) is 2.03. The van der Waals surface area contributed by atoms with Gasteiger partial charge in [0.05, 0.1) is 18.2 Å². The molecule has 1 aromatic heterocycles. The molecule has 0 fully saturated rings. The Labute approximate surface area is 213 Å². The molecule has 188 valence electrons. The van der Waals surface area contributed by atoms with Crippen LogP contribution < -0.4 is 5.32 Å². The number of phenols is 1. The normalized spacial score (nSPS) is 12.5. The van der Waals surface area contributed by atoms with Gasteiger partial charge in [-0.3, -0.25) is 4.79 Å². The maximum atomic E-state index is 13.1. The molecule has 1 unspecified atom stereocenters. The first kappa shape index (κ1) is 25.4. The number of benzene rings is 3. The summed E-state index contributed by atoms with van der Waals surface area (Å²) in [7, 11) is 1.21. The molecule has 0 bridgehead atoms. The number of carboxylic acid groups (broad SMARTS) is 1. The first-order chi connectivity index (χ1) is 17.8. The number of ether oxygens (including phenoxy) is 1. The van der Waals surface area contributed by atoms with Crippen molar-refractivity contribution in [3.8, 4) is 5.75 Å². The highest BCUT2D eigenvalue weighted by Gasteiger charge is 2.25. The van der Waals surface area contributed by atoms with Crippen LogP contribution in [0.25, 0.3) is 10.9 Å². The van der Waals surface area contributed by atoms with Crippen molar-refractivity contribution < 1.29 is 29.3 Å². The van der Waals surface area contributed by atoms with E-state index in [0.29, 0.717) is 16.5 Å². The number of fused-ring (bicyclic) bond motifs is 1. The van der Waals surface area contributed by atoms with Crippen LogP contribution >= 0.6 is 0 Å². The molecule has 4 rings (SSSR count). The highest BCUT2D eigenvalue weighted by molar-refractivity contribution is 6.06. The number of pyridine rings is 1. The molecule has 1 amide bonds. The average molecular weight is 499 g/mol. The van der Waals surface area contributed by atoms with E-state index in [1.54, 1.807) is 24.3 Å². The molecule has 1 heterocycles. The van der Waals surface area contributed by atoms with Gasteiger partial charge in [0, 0.05) is 17.7 Å². The smallest absolute Gasteiger partial charge is 0.336 e. The summed E-state index contributed by atoms with van der Waals surface area (Å²) in [4.78, 5) is 42.0. The van der Waals surface area contributed by atoms with Crippen LogP contribution in [0.4, 0.5) is 0 Å². The molecule has 8 heteroatoms. The number of aromatic nitrogens is 1. The van der Waals surface area contributed by atoms with Crippen molar-refractivity contribution in [1.82, 2.24) is 10.3 Å². The van der Waals surface area contributed by atoms with Crippen molar-refractivity contribution in [1.29, 1.82) is 0 Å². The van der Waals surface area contributed by atoms with E-state index in [-0.39, 0.29) is 29.3 Å². The number of nitrogens with one attached hydrogen (secondary N) is 1. The maximum Gasteiger partial charge on any atom is 0.336 e. The Kier molecular flexibility index (Phi) is 7.48. The van der Waals surface area contributed by atoms with E-state index in [0.717, 1.165) is 11.1 Å². The standard InChI is InChI=1S/C29H26N2O6/c1-17(19-6-4-3-5-7-19)20-10-13-24-22(15-20)23(28(34)35)16-25(30-24)27(33)31-26(29(36)37-2)14-18-8-11-21(32)12-9-18/h3-13,15-17,26,32H,14H2,1-2H3,(H,31,33)(H,34,35)/t17?,26-/m0/s1. The number of hydrogen-bond donors (Lipinski definition) is 3. The van der Waals surface area contributed by atoms with Crippen molar-refractivity contribution in [3.63, 3.8) is 0 Å². The number of esters is 1. The molecule has 0 spiro atoms. The van der Waals surface area contributed by atoms with Gasteiger partial charge in [0.1, 0.15) is 17.5 Å². The summed E-state index contributed by atoms with van der Waals surface area (Å²) in [6, 6.07) is 21.6. The van der Waals surface area contributed by atoms with Crippen LogP contribution in [0.3, 0.4) is 0 Å². The highest BCUT2D eigenvalue weighted by Crippen LogP contribution is 2.28. The Morgan fingerprint density at radius 2 is 1.65 bits per heavy atom. The molecule has 8 nitrogen and oxygen atoms in total. The fourth-order valence-corrected chi connectivity index (χ4v) is 4.18. The number of nitrogens with zero attached hydrogens (tertiary/aromatic N) is 1. The van der Waals surface area contributed by atoms with E-state index < -0.39 is 23.9 Å². The van der Waals surface area contributed by atoms with Gasteiger partial charge in [0.15, 0.2) is 0 Å². The summed E-state index contributed by atoms with van der Waals surface area (Å²) >= 11 is 0. The lowest BCUT2D eigenvalue weighted by molar-refractivity contribution is -0.142. The topological polar surface area (TPSA) is 126 Å². The van der Waals surface area contributed by atoms with Crippen molar-refractivity contribution in [3.05, 3.63) is 107 Å². The summed E-state index contributed by atoms with van der Waals surface area (Å²) in [6.07, 6.45) is 0.110. The van der Waals surface area contributed by atoms with Gasteiger partial charge >= 0.3 is 11.9 Å². The van der Waals surface area contributed by atoms with Crippen molar-refractivity contribution >= 4 is 28.7 Å². The van der Waals surface area contributed by atoms with E-state index in [9.17, 15) is 24.6 Å². The van der Waals surface area contributed by atoms with Crippen LogP contribution in [0.2, 0.25) is 0 Å². The fraction of sp³-hybridized carbons (Fsp3) is 0.172. The van der Waals surface area contributed by atoms with E-state index in [4.69, 9.17) is 4.74 Å². The lowest BCUT2D eigenvalue weighted by atomic mass is 9.91. The van der Waals surface area contributed by atoms with Crippen LogP contribution in [0, 0.1) is 0 Å². The number of aromatic hydroxyl groups is 1. The van der Waals surface area contributed by atoms with Gasteiger partial charge in [-0.15, -0.1) is 0 Å². The van der Waals surface area contributed by atoms with Gasteiger partial charge in [-0.1, -0.05) is 55.5 Å². The Morgan fingerprint density at radius 3 is 2.30 bits per heavy atom. The second-order valence-electron chi connectivity index (χ2n) is 8.69. The van der Waals surface area contributed by atoms with Crippen LogP contribution in [-0.2, 0) is 16.0 Å². The Bertz CT molecular complexity index is 1450. The molecular weight excluding hydrogens is 472 g/mol. The lowest BCUT2D eigenvalue weighted by Gasteiger charge is -2.17.